The Hall–Kier alpha value is -1.16. The first kappa shape index (κ1) is 11.9. The fraction of sp³-hybridized carbons (Fsp3) is 0.455. The summed E-state index contributed by atoms with van der Waals surface area (Å²) in [6.07, 6.45) is 4.89. The normalized spacial score (nSPS) is 10.9. The molecule has 1 rings (SSSR count). The second-order valence-corrected chi connectivity index (χ2v) is 4.46. The van der Waals surface area contributed by atoms with Crippen LogP contribution < -0.4 is 5.32 Å². The molecule has 0 aliphatic rings. The van der Waals surface area contributed by atoms with Gasteiger partial charge in [-0.15, -0.1) is 11.3 Å². The monoisotopic (exact) mass is 224 g/mol. The molecule has 0 aliphatic carbocycles. The second-order valence-electron chi connectivity index (χ2n) is 3.26. The topological polar surface area (TPSA) is 42.0 Å². The highest BCUT2D eigenvalue weighted by Crippen LogP contribution is 2.16. The van der Waals surface area contributed by atoms with Gasteiger partial charge in [0, 0.05) is 6.54 Å². The van der Waals surface area contributed by atoms with Crippen LogP contribution in [0.5, 0.6) is 0 Å². The van der Waals surface area contributed by atoms with Gasteiger partial charge in [-0.3, -0.25) is 4.79 Å². The summed E-state index contributed by atoms with van der Waals surface area (Å²) < 4.78 is 0. The maximum Gasteiger partial charge on any atom is 0.263 e. The number of thiazole rings is 1. The third kappa shape index (κ3) is 3.47. The molecule has 4 heteroatoms. The van der Waals surface area contributed by atoms with E-state index in [4.69, 9.17) is 0 Å². The van der Waals surface area contributed by atoms with Crippen molar-refractivity contribution in [3.05, 3.63) is 27.7 Å². The number of nitrogens with zero attached hydrogens (tertiary/aromatic N) is 1. The van der Waals surface area contributed by atoms with Gasteiger partial charge in [-0.25, -0.2) is 4.98 Å². The van der Waals surface area contributed by atoms with Crippen molar-refractivity contribution in [3.8, 4) is 0 Å². The molecule has 1 aromatic rings. The van der Waals surface area contributed by atoms with Crippen molar-refractivity contribution in [3.63, 3.8) is 0 Å². The van der Waals surface area contributed by atoms with Gasteiger partial charge in [0.25, 0.3) is 5.91 Å². The Morgan fingerprint density at radius 2 is 2.27 bits per heavy atom. The number of rotatable bonds is 4. The lowest BCUT2D eigenvalue weighted by molar-refractivity contribution is 0.0957. The summed E-state index contributed by atoms with van der Waals surface area (Å²) in [7, 11) is 0. The third-order valence-electron chi connectivity index (χ3n) is 1.94. The number of nitrogens with one attached hydrogen (secondary N) is 1. The first-order valence-electron chi connectivity index (χ1n) is 4.98. The molecule has 0 bridgehead atoms. The molecule has 3 nitrogen and oxygen atoms in total. The van der Waals surface area contributed by atoms with Crippen LogP contribution in [-0.4, -0.2) is 17.4 Å². The quantitative estimate of drug-likeness (QED) is 0.630. The molecule has 0 aliphatic heterocycles. The lowest BCUT2D eigenvalue weighted by Gasteiger charge is -2.00. The third-order valence-corrected chi connectivity index (χ3v) is 3.01. The van der Waals surface area contributed by atoms with Crippen molar-refractivity contribution in [2.75, 3.05) is 6.54 Å². The van der Waals surface area contributed by atoms with Gasteiger partial charge in [0.1, 0.15) is 4.88 Å². The number of amides is 1. The minimum Gasteiger partial charge on any atom is -0.351 e. The maximum absolute atomic E-state index is 11.7. The number of carbonyl (C=O) groups excluding carboxylic acids is 1. The lowest BCUT2D eigenvalue weighted by Crippen LogP contribution is -2.23. The average molecular weight is 224 g/mol. The molecular weight excluding hydrogens is 208 g/mol. The molecule has 0 spiro atoms. The second kappa shape index (κ2) is 5.66. The van der Waals surface area contributed by atoms with Gasteiger partial charge < -0.3 is 5.32 Å². The first-order chi connectivity index (χ1) is 7.15. The molecule has 0 saturated carbocycles. The van der Waals surface area contributed by atoms with Crippen LogP contribution >= 0.6 is 11.3 Å². The SMILES string of the molecule is C/C=C/CCNC(=O)c1sc(C)nc1C. The van der Waals surface area contributed by atoms with Crippen LogP contribution in [0.2, 0.25) is 0 Å². The Morgan fingerprint density at radius 1 is 1.53 bits per heavy atom. The number of carbonyl (C=O) groups is 1. The molecule has 0 saturated heterocycles. The molecule has 0 unspecified atom stereocenters. The van der Waals surface area contributed by atoms with Crippen molar-refractivity contribution < 1.29 is 4.79 Å². The Labute approximate surface area is 94.2 Å². The molecule has 0 aromatic carbocycles. The van der Waals surface area contributed by atoms with E-state index in [1.807, 2.05) is 32.9 Å². The van der Waals surface area contributed by atoms with Gasteiger partial charge in [-0.2, -0.15) is 0 Å². The van der Waals surface area contributed by atoms with E-state index in [-0.39, 0.29) is 5.91 Å². The maximum atomic E-state index is 11.7. The highest BCUT2D eigenvalue weighted by atomic mass is 32.1. The van der Waals surface area contributed by atoms with E-state index >= 15 is 0 Å². The molecule has 1 heterocycles. The number of aryl methyl sites for hydroxylation is 2. The largest absolute Gasteiger partial charge is 0.351 e. The molecule has 0 atom stereocenters. The first-order valence-corrected chi connectivity index (χ1v) is 5.80. The van der Waals surface area contributed by atoms with Crippen molar-refractivity contribution in [1.82, 2.24) is 10.3 Å². The Balaban J connectivity index is 2.50. The Morgan fingerprint density at radius 3 is 2.80 bits per heavy atom. The van der Waals surface area contributed by atoms with Crippen molar-refractivity contribution >= 4 is 17.2 Å². The van der Waals surface area contributed by atoms with E-state index in [9.17, 15) is 4.79 Å². The Kier molecular flexibility index (Phi) is 4.49. The highest BCUT2D eigenvalue weighted by Gasteiger charge is 2.12. The van der Waals surface area contributed by atoms with Crippen LogP contribution in [0.25, 0.3) is 0 Å². The van der Waals surface area contributed by atoms with Crippen LogP contribution in [0.3, 0.4) is 0 Å². The molecular formula is C11H16N2OS. The zero-order chi connectivity index (χ0) is 11.3. The fourth-order valence-corrected chi connectivity index (χ4v) is 2.09. The van der Waals surface area contributed by atoms with Crippen LogP contribution in [-0.2, 0) is 0 Å². The molecule has 1 N–H and O–H groups in total. The smallest absolute Gasteiger partial charge is 0.263 e. The molecule has 82 valence electrons. The highest BCUT2D eigenvalue weighted by molar-refractivity contribution is 7.13. The summed E-state index contributed by atoms with van der Waals surface area (Å²) >= 11 is 1.45. The van der Waals surface area contributed by atoms with Gasteiger partial charge in [0.15, 0.2) is 0 Å². The summed E-state index contributed by atoms with van der Waals surface area (Å²) in [5.74, 6) is -0.0115. The number of hydrogen-bond acceptors (Lipinski definition) is 3. The van der Waals surface area contributed by atoms with E-state index in [1.165, 1.54) is 11.3 Å². The number of aromatic nitrogens is 1. The molecule has 15 heavy (non-hydrogen) atoms. The standard InChI is InChI=1S/C11H16N2OS/c1-4-5-6-7-12-11(14)10-8(2)13-9(3)15-10/h4-5H,6-7H2,1-3H3,(H,12,14)/b5-4+. The van der Waals surface area contributed by atoms with Crippen LogP contribution in [0.4, 0.5) is 0 Å². The van der Waals surface area contributed by atoms with E-state index in [1.54, 1.807) is 0 Å². The van der Waals surface area contributed by atoms with Crippen LogP contribution in [0.15, 0.2) is 12.2 Å². The predicted molar refractivity (Wildman–Crippen MR) is 63.4 cm³/mol. The number of allylic oxidation sites excluding steroid dienone is 1. The summed E-state index contributed by atoms with van der Waals surface area (Å²) in [5.41, 5.74) is 0.820. The summed E-state index contributed by atoms with van der Waals surface area (Å²) in [4.78, 5) is 16.6. The van der Waals surface area contributed by atoms with E-state index in [2.05, 4.69) is 10.3 Å². The average Bonchev–Trinajstić information content (AvgIpc) is 2.52. The van der Waals surface area contributed by atoms with Crippen LogP contribution in [0.1, 0.15) is 33.7 Å². The minimum atomic E-state index is -0.0115. The van der Waals surface area contributed by atoms with Gasteiger partial charge in [-0.1, -0.05) is 12.2 Å². The van der Waals surface area contributed by atoms with Crippen molar-refractivity contribution in [2.24, 2.45) is 0 Å². The van der Waals surface area contributed by atoms with Gasteiger partial charge in [0.05, 0.1) is 10.7 Å². The van der Waals surface area contributed by atoms with Crippen molar-refractivity contribution in [2.45, 2.75) is 27.2 Å². The lowest BCUT2D eigenvalue weighted by atomic mass is 10.3. The van der Waals surface area contributed by atoms with Gasteiger partial charge in [-0.05, 0) is 27.2 Å². The van der Waals surface area contributed by atoms with E-state index in [0.29, 0.717) is 6.54 Å². The molecule has 0 fully saturated rings. The molecule has 0 radical (unpaired) electrons. The van der Waals surface area contributed by atoms with Gasteiger partial charge in [0.2, 0.25) is 0 Å². The van der Waals surface area contributed by atoms with E-state index < -0.39 is 0 Å². The summed E-state index contributed by atoms with van der Waals surface area (Å²) in [6.45, 7) is 6.43. The fourth-order valence-electron chi connectivity index (χ4n) is 1.26. The zero-order valence-corrected chi connectivity index (χ0v) is 10.1. The molecule has 1 aromatic heterocycles. The Bertz CT molecular complexity index is 369. The number of hydrogen-bond donors (Lipinski definition) is 1. The van der Waals surface area contributed by atoms with E-state index in [0.717, 1.165) is 22.0 Å². The minimum absolute atomic E-state index is 0.0115. The summed E-state index contributed by atoms with van der Waals surface area (Å²) in [5, 5.41) is 3.80. The van der Waals surface area contributed by atoms with Crippen LogP contribution in [0, 0.1) is 13.8 Å². The zero-order valence-electron chi connectivity index (χ0n) is 9.33. The summed E-state index contributed by atoms with van der Waals surface area (Å²) in [6, 6.07) is 0. The van der Waals surface area contributed by atoms with Crippen molar-refractivity contribution in [1.29, 1.82) is 0 Å². The predicted octanol–water partition coefficient (Wildman–Crippen LogP) is 2.46. The van der Waals surface area contributed by atoms with Gasteiger partial charge >= 0.3 is 0 Å². The molecule has 1 amide bonds.